The Morgan fingerprint density at radius 3 is 2.00 bits per heavy atom. The number of hydrogen-bond donors (Lipinski definition) is 0. The summed E-state index contributed by atoms with van der Waals surface area (Å²) in [7, 11) is 0. The minimum atomic E-state index is 0.800. The molecule has 13 heavy (non-hydrogen) atoms. The van der Waals surface area contributed by atoms with Crippen molar-refractivity contribution in [1.82, 2.24) is 0 Å². The van der Waals surface area contributed by atoms with E-state index in [1.165, 1.54) is 36.8 Å². The Morgan fingerprint density at radius 1 is 1.00 bits per heavy atom. The summed E-state index contributed by atoms with van der Waals surface area (Å²) < 4.78 is 0. The molecule has 0 heteroatoms. The van der Waals surface area contributed by atoms with Gasteiger partial charge in [0.15, 0.2) is 0 Å². The molecular weight excluding hydrogens is 156 g/mol. The van der Waals surface area contributed by atoms with Gasteiger partial charge in [0.1, 0.15) is 0 Å². The van der Waals surface area contributed by atoms with E-state index in [2.05, 4.69) is 25.7 Å². The Kier molecular flexibility index (Phi) is 2.39. The van der Waals surface area contributed by atoms with E-state index < -0.39 is 0 Å². The number of fused-ring (bicyclic) bond motifs is 2. The molecule has 0 aromatic carbocycles. The largest absolute Gasteiger partial charge is 0.0988 e. The summed E-state index contributed by atoms with van der Waals surface area (Å²) in [5.74, 6) is 1.60. The predicted octanol–water partition coefficient (Wildman–Crippen LogP) is 3.68. The van der Waals surface area contributed by atoms with E-state index in [1.54, 1.807) is 0 Å². The highest BCUT2D eigenvalue weighted by Gasteiger charge is 2.32. The Labute approximate surface area is 81.0 Å². The summed E-state index contributed by atoms with van der Waals surface area (Å²) in [5, 5.41) is 0. The van der Waals surface area contributed by atoms with Crippen molar-refractivity contribution in [3.8, 4) is 0 Å². The van der Waals surface area contributed by atoms with Crippen LogP contribution < -0.4 is 0 Å². The number of hydrogen-bond acceptors (Lipinski definition) is 0. The van der Waals surface area contributed by atoms with E-state index in [0.717, 1.165) is 11.8 Å². The van der Waals surface area contributed by atoms with Crippen LogP contribution in [0.5, 0.6) is 0 Å². The zero-order chi connectivity index (χ0) is 9.26. The molecular formula is C13H17. The van der Waals surface area contributed by atoms with Gasteiger partial charge >= 0.3 is 0 Å². The third kappa shape index (κ3) is 1.39. The summed E-state index contributed by atoms with van der Waals surface area (Å²) in [4.78, 5) is 0. The molecule has 0 spiro atoms. The summed E-state index contributed by atoms with van der Waals surface area (Å²) in [6, 6.07) is 0. The van der Waals surface area contributed by atoms with E-state index in [0.29, 0.717) is 0 Å². The van der Waals surface area contributed by atoms with Gasteiger partial charge in [-0.05, 0) is 55.6 Å². The molecule has 0 aromatic rings. The van der Waals surface area contributed by atoms with Gasteiger partial charge in [-0.25, -0.2) is 0 Å². The van der Waals surface area contributed by atoms with E-state index in [-0.39, 0.29) is 0 Å². The van der Waals surface area contributed by atoms with Crippen molar-refractivity contribution in [3.63, 3.8) is 0 Å². The molecule has 3 rings (SSSR count). The molecule has 0 heterocycles. The first kappa shape index (κ1) is 8.80. The second-order valence-electron chi connectivity index (χ2n) is 4.07. The van der Waals surface area contributed by atoms with Crippen LogP contribution in [-0.2, 0) is 0 Å². The van der Waals surface area contributed by atoms with E-state index in [9.17, 15) is 0 Å². The maximum atomic E-state index is 3.92. The molecule has 0 N–H and O–H groups in total. The van der Waals surface area contributed by atoms with Gasteiger partial charge in [0.25, 0.3) is 0 Å². The summed E-state index contributed by atoms with van der Waals surface area (Å²) in [6.45, 7) is 7.71. The minimum absolute atomic E-state index is 0.800. The fraction of sp³-hybridized carbons (Fsp3) is 0.462. The van der Waals surface area contributed by atoms with Crippen molar-refractivity contribution in [2.45, 2.75) is 25.7 Å². The molecule has 3 aliphatic rings. The maximum absolute atomic E-state index is 3.92. The van der Waals surface area contributed by atoms with Crippen LogP contribution in [0, 0.1) is 18.8 Å². The fourth-order valence-corrected chi connectivity index (χ4v) is 2.83. The van der Waals surface area contributed by atoms with Crippen LogP contribution in [0.2, 0.25) is 0 Å². The maximum Gasteiger partial charge on any atom is -0.0159 e. The molecule has 1 fully saturated rings. The smallest absolute Gasteiger partial charge is 0.0159 e. The standard InChI is InChI=1S/C13H17/c1-3-5-13-11-8-6-10(7-9-11)12(13)4-2/h3-5,10-11H,1-2,6-9H2/b5-3-. The topological polar surface area (TPSA) is 0 Å². The van der Waals surface area contributed by atoms with Crippen LogP contribution >= 0.6 is 0 Å². The van der Waals surface area contributed by atoms with E-state index in [1.807, 2.05) is 6.08 Å². The van der Waals surface area contributed by atoms with E-state index in [4.69, 9.17) is 0 Å². The highest BCUT2D eigenvalue weighted by Crippen LogP contribution is 2.45. The second kappa shape index (κ2) is 3.53. The Bertz CT molecular complexity index is 260. The minimum Gasteiger partial charge on any atom is -0.0988 e. The van der Waals surface area contributed by atoms with Crippen molar-refractivity contribution in [3.05, 3.63) is 42.9 Å². The zero-order valence-electron chi connectivity index (χ0n) is 8.13. The van der Waals surface area contributed by atoms with Gasteiger partial charge in [0, 0.05) is 0 Å². The monoisotopic (exact) mass is 173 g/mol. The Morgan fingerprint density at radius 2 is 1.54 bits per heavy atom. The lowest BCUT2D eigenvalue weighted by Gasteiger charge is -2.38. The average molecular weight is 173 g/mol. The molecule has 3 aliphatic carbocycles. The summed E-state index contributed by atoms with van der Waals surface area (Å²) in [6.07, 6.45) is 11.7. The van der Waals surface area contributed by atoms with E-state index >= 15 is 0 Å². The molecule has 0 atom stereocenters. The molecule has 69 valence electrons. The van der Waals surface area contributed by atoms with Crippen LogP contribution in [0.25, 0.3) is 0 Å². The van der Waals surface area contributed by atoms with Gasteiger partial charge in [0.05, 0.1) is 0 Å². The summed E-state index contributed by atoms with van der Waals surface area (Å²) in [5.41, 5.74) is 3.02. The normalized spacial score (nSPS) is 33.0. The molecule has 1 saturated carbocycles. The second-order valence-corrected chi connectivity index (χ2v) is 4.07. The number of rotatable bonds is 2. The first-order chi connectivity index (χ1) is 6.36. The van der Waals surface area contributed by atoms with Gasteiger partial charge < -0.3 is 0 Å². The molecule has 0 unspecified atom stereocenters. The van der Waals surface area contributed by atoms with Crippen LogP contribution in [-0.4, -0.2) is 0 Å². The van der Waals surface area contributed by atoms with Crippen LogP contribution in [0.15, 0.2) is 36.0 Å². The SMILES string of the molecule is [CH2]/C=C\C1=C(C=C)C2CCC1CC2. The average Bonchev–Trinajstić information content (AvgIpc) is 2.20. The van der Waals surface area contributed by atoms with Gasteiger partial charge in [-0.3, -0.25) is 0 Å². The van der Waals surface area contributed by atoms with Crippen molar-refractivity contribution >= 4 is 0 Å². The molecule has 0 amide bonds. The third-order valence-electron chi connectivity index (χ3n) is 3.46. The lowest BCUT2D eigenvalue weighted by molar-refractivity contribution is 0.306. The third-order valence-corrected chi connectivity index (χ3v) is 3.46. The van der Waals surface area contributed by atoms with Crippen LogP contribution in [0.1, 0.15) is 25.7 Å². The highest BCUT2D eigenvalue weighted by atomic mass is 14.4. The van der Waals surface area contributed by atoms with Crippen LogP contribution in [0.3, 0.4) is 0 Å². The Balaban J connectivity index is 2.40. The zero-order valence-corrected chi connectivity index (χ0v) is 8.13. The van der Waals surface area contributed by atoms with Crippen molar-refractivity contribution < 1.29 is 0 Å². The molecule has 0 aromatic heterocycles. The van der Waals surface area contributed by atoms with Gasteiger partial charge in [-0.15, -0.1) is 0 Å². The van der Waals surface area contributed by atoms with Gasteiger partial charge in [-0.2, -0.15) is 0 Å². The first-order valence-corrected chi connectivity index (χ1v) is 5.19. The molecule has 0 aliphatic heterocycles. The first-order valence-electron chi connectivity index (χ1n) is 5.19. The molecule has 2 bridgehead atoms. The molecule has 1 radical (unpaired) electrons. The highest BCUT2D eigenvalue weighted by molar-refractivity contribution is 5.39. The Hall–Kier alpha value is -0.780. The van der Waals surface area contributed by atoms with Gasteiger partial charge in [0.2, 0.25) is 0 Å². The van der Waals surface area contributed by atoms with Crippen molar-refractivity contribution in [1.29, 1.82) is 0 Å². The lowest BCUT2D eigenvalue weighted by atomic mass is 9.67. The van der Waals surface area contributed by atoms with Crippen molar-refractivity contribution in [2.75, 3.05) is 0 Å². The molecule has 0 nitrogen and oxygen atoms in total. The quantitative estimate of drug-likeness (QED) is 0.597. The van der Waals surface area contributed by atoms with Gasteiger partial charge in [-0.1, -0.05) is 24.8 Å². The van der Waals surface area contributed by atoms with Crippen molar-refractivity contribution in [2.24, 2.45) is 11.8 Å². The van der Waals surface area contributed by atoms with Crippen LogP contribution in [0.4, 0.5) is 0 Å². The summed E-state index contributed by atoms with van der Waals surface area (Å²) >= 11 is 0. The fourth-order valence-electron chi connectivity index (χ4n) is 2.83. The molecule has 0 saturated heterocycles. The predicted molar refractivity (Wildman–Crippen MR) is 57.2 cm³/mol. The lowest BCUT2D eigenvalue weighted by Crippen LogP contribution is -2.25. The number of allylic oxidation sites excluding steroid dienone is 5.